The number of halogens is 3. The Morgan fingerprint density at radius 1 is 0.947 bits per heavy atom. The predicted octanol–water partition coefficient (Wildman–Crippen LogP) is 4.26. The molecule has 0 spiro atoms. The van der Waals surface area contributed by atoms with Crippen molar-refractivity contribution in [3.05, 3.63) is 47.7 Å². The Kier molecular flexibility index (Phi) is 3.46. The molecule has 0 saturated heterocycles. The van der Waals surface area contributed by atoms with Crippen LogP contribution in [0.2, 0.25) is 0 Å². The standard InChI is InChI=1S/C14H12F3NO/c1-9-3-4-10(2)18-13(9)11-5-7-12(8-6-11)19-14(15,16)17/h3-8H,1-2H3. The third kappa shape index (κ3) is 3.47. The third-order valence-electron chi connectivity index (χ3n) is 2.60. The molecule has 0 saturated carbocycles. The average molecular weight is 267 g/mol. The molecule has 0 fully saturated rings. The van der Waals surface area contributed by atoms with Crippen LogP contribution in [0.3, 0.4) is 0 Å². The minimum absolute atomic E-state index is 0.235. The van der Waals surface area contributed by atoms with Crippen molar-refractivity contribution in [3.8, 4) is 17.0 Å². The molecule has 0 N–H and O–H groups in total. The van der Waals surface area contributed by atoms with E-state index < -0.39 is 6.36 Å². The zero-order valence-electron chi connectivity index (χ0n) is 10.5. The van der Waals surface area contributed by atoms with E-state index in [2.05, 4.69) is 9.72 Å². The van der Waals surface area contributed by atoms with Gasteiger partial charge in [-0.2, -0.15) is 0 Å². The number of benzene rings is 1. The van der Waals surface area contributed by atoms with E-state index in [9.17, 15) is 13.2 Å². The maximum Gasteiger partial charge on any atom is 0.573 e. The zero-order valence-corrected chi connectivity index (χ0v) is 10.5. The Hall–Kier alpha value is -2.04. The van der Waals surface area contributed by atoms with Crippen molar-refractivity contribution in [3.63, 3.8) is 0 Å². The van der Waals surface area contributed by atoms with Crippen LogP contribution in [0, 0.1) is 13.8 Å². The molecule has 2 nitrogen and oxygen atoms in total. The first-order valence-corrected chi connectivity index (χ1v) is 5.65. The Morgan fingerprint density at radius 3 is 2.16 bits per heavy atom. The number of hydrogen-bond donors (Lipinski definition) is 0. The van der Waals surface area contributed by atoms with Crippen LogP contribution in [0.25, 0.3) is 11.3 Å². The van der Waals surface area contributed by atoms with Crippen LogP contribution in [0.15, 0.2) is 36.4 Å². The van der Waals surface area contributed by atoms with E-state index in [0.717, 1.165) is 22.5 Å². The summed E-state index contributed by atoms with van der Waals surface area (Å²) in [7, 11) is 0. The van der Waals surface area contributed by atoms with Crippen LogP contribution in [0.1, 0.15) is 11.3 Å². The first kappa shape index (κ1) is 13.4. The molecule has 0 aliphatic rings. The van der Waals surface area contributed by atoms with Crippen LogP contribution in [0.4, 0.5) is 13.2 Å². The van der Waals surface area contributed by atoms with E-state index in [-0.39, 0.29) is 5.75 Å². The fourth-order valence-corrected chi connectivity index (χ4v) is 1.73. The van der Waals surface area contributed by atoms with E-state index in [1.165, 1.54) is 12.1 Å². The van der Waals surface area contributed by atoms with Crippen molar-refractivity contribution < 1.29 is 17.9 Å². The molecular weight excluding hydrogens is 255 g/mol. The van der Waals surface area contributed by atoms with E-state index in [0.29, 0.717) is 0 Å². The molecule has 0 atom stereocenters. The summed E-state index contributed by atoms with van der Waals surface area (Å²) >= 11 is 0. The number of pyridine rings is 1. The monoisotopic (exact) mass is 267 g/mol. The molecule has 100 valence electrons. The fourth-order valence-electron chi connectivity index (χ4n) is 1.73. The van der Waals surface area contributed by atoms with Crippen molar-refractivity contribution in [2.24, 2.45) is 0 Å². The number of aromatic nitrogens is 1. The summed E-state index contributed by atoms with van der Waals surface area (Å²) in [5, 5.41) is 0. The number of rotatable bonds is 2. The van der Waals surface area contributed by atoms with Gasteiger partial charge < -0.3 is 4.74 Å². The molecule has 2 rings (SSSR count). The predicted molar refractivity (Wildman–Crippen MR) is 65.8 cm³/mol. The molecule has 1 heterocycles. The minimum Gasteiger partial charge on any atom is -0.406 e. The van der Waals surface area contributed by atoms with Gasteiger partial charge >= 0.3 is 6.36 Å². The van der Waals surface area contributed by atoms with Gasteiger partial charge in [-0.25, -0.2) is 0 Å². The number of ether oxygens (including phenoxy) is 1. The van der Waals surface area contributed by atoms with Crippen molar-refractivity contribution >= 4 is 0 Å². The molecule has 0 bridgehead atoms. The molecule has 19 heavy (non-hydrogen) atoms. The van der Waals surface area contributed by atoms with Crippen LogP contribution >= 0.6 is 0 Å². The first-order chi connectivity index (χ1) is 8.85. The van der Waals surface area contributed by atoms with Crippen LogP contribution in [0.5, 0.6) is 5.75 Å². The normalized spacial score (nSPS) is 11.4. The van der Waals surface area contributed by atoms with Gasteiger partial charge in [-0.05, 0) is 49.7 Å². The highest BCUT2D eigenvalue weighted by atomic mass is 19.4. The smallest absolute Gasteiger partial charge is 0.406 e. The zero-order chi connectivity index (χ0) is 14.0. The van der Waals surface area contributed by atoms with Crippen molar-refractivity contribution in [1.29, 1.82) is 0 Å². The summed E-state index contributed by atoms with van der Waals surface area (Å²) in [4.78, 5) is 4.38. The Labute approximate surface area is 108 Å². The molecule has 0 unspecified atom stereocenters. The second-order valence-corrected chi connectivity index (χ2v) is 4.19. The number of aryl methyl sites for hydroxylation is 2. The van der Waals surface area contributed by atoms with E-state index in [1.807, 2.05) is 26.0 Å². The summed E-state index contributed by atoms with van der Waals surface area (Å²) < 4.78 is 40.0. The third-order valence-corrected chi connectivity index (χ3v) is 2.60. The van der Waals surface area contributed by atoms with Gasteiger partial charge in [0.2, 0.25) is 0 Å². The maximum atomic E-state index is 12.0. The summed E-state index contributed by atoms with van der Waals surface area (Å²) in [6.45, 7) is 3.77. The largest absolute Gasteiger partial charge is 0.573 e. The minimum atomic E-state index is -4.67. The van der Waals surface area contributed by atoms with Gasteiger partial charge in [0, 0.05) is 11.3 Å². The van der Waals surface area contributed by atoms with Crippen LogP contribution in [-0.2, 0) is 0 Å². The number of alkyl halides is 3. The molecular formula is C14H12F3NO. The molecule has 2 aromatic rings. The topological polar surface area (TPSA) is 22.1 Å². The second-order valence-electron chi connectivity index (χ2n) is 4.19. The van der Waals surface area contributed by atoms with Crippen molar-refractivity contribution in [2.75, 3.05) is 0 Å². The molecule has 0 radical (unpaired) electrons. The van der Waals surface area contributed by atoms with E-state index in [4.69, 9.17) is 0 Å². The first-order valence-electron chi connectivity index (χ1n) is 5.65. The summed E-state index contributed by atoms with van der Waals surface area (Å²) in [6.07, 6.45) is -4.67. The lowest BCUT2D eigenvalue weighted by molar-refractivity contribution is -0.274. The molecule has 1 aromatic heterocycles. The Balaban J connectivity index is 2.30. The SMILES string of the molecule is Cc1ccc(C)c(-c2ccc(OC(F)(F)F)cc2)n1. The lowest BCUT2D eigenvalue weighted by Gasteiger charge is -2.10. The van der Waals surface area contributed by atoms with Crippen molar-refractivity contribution in [2.45, 2.75) is 20.2 Å². The highest BCUT2D eigenvalue weighted by Crippen LogP contribution is 2.27. The van der Waals surface area contributed by atoms with E-state index in [1.54, 1.807) is 12.1 Å². The van der Waals surface area contributed by atoms with Gasteiger partial charge in [0.15, 0.2) is 0 Å². The molecule has 1 aromatic carbocycles. The van der Waals surface area contributed by atoms with Gasteiger partial charge in [0.1, 0.15) is 5.75 Å². The summed E-state index contributed by atoms with van der Waals surface area (Å²) in [5.41, 5.74) is 3.35. The molecule has 0 aliphatic heterocycles. The Morgan fingerprint density at radius 2 is 1.58 bits per heavy atom. The Bertz CT molecular complexity index is 576. The maximum absolute atomic E-state index is 12.0. The highest BCUT2D eigenvalue weighted by Gasteiger charge is 2.30. The quantitative estimate of drug-likeness (QED) is 0.810. The van der Waals surface area contributed by atoms with Crippen LogP contribution in [-0.4, -0.2) is 11.3 Å². The highest BCUT2D eigenvalue weighted by molar-refractivity contribution is 5.63. The summed E-state index contributed by atoms with van der Waals surface area (Å²) in [6, 6.07) is 9.52. The number of hydrogen-bond acceptors (Lipinski definition) is 2. The van der Waals surface area contributed by atoms with Gasteiger partial charge in [0.25, 0.3) is 0 Å². The van der Waals surface area contributed by atoms with Crippen LogP contribution < -0.4 is 4.74 Å². The lowest BCUT2D eigenvalue weighted by atomic mass is 10.1. The second kappa shape index (κ2) is 4.91. The lowest BCUT2D eigenvalue weighted by Crippen LogP contribution is -2.16. The number of nitrogens with zero attached hydrogens (tertiary/aromatic N) is 1. The van der Waals surface area contributed by atoms with Gasteiger partial charge in [0.05, 0.1) is 5.69 Å². The van der Waals surface area contributed by atoms with Crippen molar-refractivity contribution in [1.82, 2.24) is 4.98 Å². The van der Waals surface area contributed by atoms with Gasteiger partial charge in [-0.3, -0.25) is 4.98 Å². The summed E-state index contributed by atoms with van der Waals surface area (Å²) in [5.74, 6) is -0.235. The fraction of sp³-hybridized carbons (Fsp3) is 0.214. The van der Waals surface area contributed by atoms with E-state index >= 15 is 0 Å². The molecule has 0 amide bonds. The average Bonchev–Trinajstić information content (AvgIpc) is 2.31. The molecule has 0 aliphatic carbocycles. The molecule has 5 heteroatoms. The van der Waals surface area contributed by atoms with Gasteiger partial charge in [-0.1, -0.05) is 6.07 Å². The van der Waals surface area contributed by atoms with Gasteiger partial charge in [-0.15, -0.1) is 13.2 Å².